The lowest BCUT2D eigenvalue weighted by Gasteiger charge is -2.37. The van der Waals surface area contributed by atoms with E-state index >= 15 is 0 Å². The van der Waals surface area contributed by atoms with Gasteiger partial charge in [-0.3, -0.25) is 9.69 Å². The largest absolute Gasteiger partial charge is 0.353 e. The SMILES string of the molecule is C=C(CN1CCCC1)C(=O)N1CCN(C(=N/C=C\C)C(=C)Nc2ccc(C(C)(F)F)cc2)CC1. The quantitative estimate of drug-likeness (QED) is 0.346. The molecule has 1 aromatic carbocycles. The van der Waals surface area contributed by atoms with Gasteiger partial charge in [0.2, 0.25) is 0 Å². The molecule has 0 unspecified atom stereocenters. The number of aliphatic imine (C=N–C) groups is 1. The molecule has 34 heavy (non-hydrogen) atoms. The van der Waals surface area contributed by atoms with Crippen LogP contribution in [0.25, 0.3) is 0 Å². The van der Waals surface area contributed by atoms with Gasteiger partial charge in [0.25, 0.3) is 11.8 Å². The molecule has 2 aliphatic rings. The van der Waals surface area contributed by atoms with Crippen molar-refractivity contribution < 1.29 is 13.6 Å². The normalized spacial score (nSPS) is 17.9. The summed E-state index contributed by atoms with van der Waals surface area (Å²) in [5, 5.41) is 3.17. The average Bonchev–Trinajstić information content (AvgIpc) is 3.32. The molecule has 0 saturated carbocycles. The predicted octanol–water partition coefficient (Wildman–Crippen LogP) is 4.45. The highest BCUT2D eigenvalue weighted by molar-refractivity contribution is 6.01. The molecule has 3 rings (SSSR count). The Morgan fingerprint density at radius 1 is 1.06 bits per heavy atom. The van der Waals surface area contributed by atoms with E-state index in [0.29, 0.717) is 55.5 Å². The molecule has 0 radical (unpaired) electrons. The molecule has 0 aliphatic carbocycles. The fraction of sp³-hybridized carbons (Fsp3) is 0.462. The second-order valence-electron chi connectivity index (χ2n) is 8.87. The van der Waals surface area contributed by atoms with Crippen LogP contribution < -0.4 is 5.32 Å². The predicted molar refractivity (Wildman–Crippen MR) is 134 cm³/mol. The molecule has 0 atom stereocenters. The van der Waals surface area contributed by atoms with Crippen molar-refractivity contribution in [3.05, 3.63) is 66.5 Å². The number of nitrogens with zero attached hydrogens (tertiary/aromatic N) is 4. The highest BCUT2D eigenvalue weighted by Gasteiger charge is 2.27. The van der Waals surface area contributed by atoms with Crippen LogP contribution in [0.4, 0.5) is 14.5 Å². The topological polar surface area (TPSA) is 51.2 Å². The summed E-state index contributed by atoms with van der Waals surface area (Å²) in [7, 11) is 0. The van der Waals surface area contributed by atoms with Gasteiger partial charge in [-0.15, -0.1) is 0 Å². The maximum Gasteiger partial charge on any atom is 0.270 e. The first-order chi connectivity index (χ1) is 16.2. The fourth-order valence-electron chi connectivity index (χ4n) is 4.20. The Bertz CT molecular complexity index is 935. The van der Waals surface area contributed by atoms with Gasteiger partial charge in [-0.1, -0.05) is 31.4 Å². The number of alkyl halides is 2. The number of rotatable bonds is 8. The smallest absolute Gasteiger partial charge is 0.270 e. The number of halogens is 2. The molecular weight excluding hydrogens is 436 g/mol. The van der Waals surface area contributed by atoms with E-state index in [-0.39, 0.29) is 11.5 Å². The molecule has 184 valence electrons. The number of carbonyl (C=O) groups excluding carboxylic acids is 1. The molecule has 1 N–H and O–H groups in total. The number of hydrogen-bond donors (Lipinski definition) is 1. The lowest BCUT2D eigenvalue weighted by Crippen LogP contribution is -2.52. The second-order valence-corrected chi connectivity index (χ2v) is 8.87. The molecule has 6 nitrogen and oxygen atoms in total. The zero-order valence-electron chi connectivity index (χ0n) is 20.2. The van der Waals surface area contributed by atoms with Crippen molar-refractivity contribution in [3.8, 4) is 0 Å². The van der Waals surface area contributed by atoms with Gasteiger partial charge in [0.15, 0.2) is 5.84 Å². The molecule has 2 fully saturated rings. The number of amides is 1. The Labute approximate surface area is 201 Å². The third-order valence-corrected chi connectivity index (χ3v) is 6.08. The van der Waals surface area contributed by atoms with E-state index in [4.69, 9.17) is 0 Å². The first kappa shape index (κ1) is 25.6. The van der Waals surface area contributed by atoms with Crippen molar-refractivity contribution in [2.45, 2.75) is 32.6 Å². The lowest BCUT2D eigenvalue weighted by molar-refractivity contribution is -0.128. The van der Waals surface area contributed by atoms with E-state index < -0.39 is 5.92 Å². The Balaban J connectivity index is 1.60. The molecule has 8 heteroatoms. The summed E-state index contributed by atoms with van der Waals surface area (Å²) in [4.78, 5) is 23.6. The number of allylic oxidation sites excluding steroid dienone is 1. The minimum absolute atomic E-state index is 0.0169. The monoisotopic (exact) mass is 471 g/mol. The van der Waals surface area contributed by atoms with Gasteiger partial charge in [0.1, 0.15) is 0 Å². The molecule has 1 amide bonds. The highest BCUT2D eigenvalue weighted by Crippen LogP contribution is 2.28. The molecule has 2 heterocycles. The Kier molecular flexibility index (Phi) is 8.61. The van der Waals surface area contributed by atoms with E-state index in [9.17, 15) is 13.6 Å². The summed E-state index contributed by atoms with van der Waals surface area (Å²) in [6, 6.07) is 6.01. The van der Waals surface area contributed by atoms with E-state index in [2.05, 4.69) is 33.3 Å². The minimum atomic E-state index is -2.88. The third-order valence-electron chi connectivity index (χ3n) is 6.08. The number of carbonyl (C=O) groups is 1. The van der Waals surface area contributed by atoms with E-state index in [1.54, 1.807) is 18.3 Å². The zero-order valence-corrected chi connectivity index (χ0v) is 20.2. The summed E-state index contributed by atoms with van der Waals surface area (Å²) in [6.07, 6.45) is 5.88. The van der Waals surface area contributed by atoms with Crippen LogP contribution in [0.2, 0.25) is 0 Å². The summed E-state index contributed by atoms with van der Waals surface area (Å²) < 4.78 is 27.0. The molecule has 0 spiro atoms. The third kappa shape index (κ3) is 6.76. The number of nitrogens with one attached hydrogen (secondary N) is 1. The maximum absolute atomic E-state index is 13.5. The second kappa shape index (κ2) is 11.4. The van der Waals surface area contributed by atoms with Crippen LogP contribution in [0.3, 0.4) is 0 Å². The maximum atomic E-state index is 13.5. The van der Waals surface area contributed by atoms with Gasteiger partial charge >= 0.3 is 0 Å². The average molecular weight is 472 g/mol. The molecule has 2 aliphatic heterocycles. The Hall–Kier alpha value is -3.00. The standard InChI is InChI=1S/C26H35F2N5O/c1-5-12-29-24(21(3)30-23-10-8-22(9-11-23)26(4,27)28)32-15-17-33(18-16-32)25(34)20(2)19-31-13-6-7-14-31/h5,8-12,30H,2-3,6-7,13-19H2,1,4H3/b12-5-,29-24?. The van der Waals surface area contributed by atoms with Crippen LogP contribution in [0.5, 0.6) is 0 Å². The van der Waals surface area contributed by atoms with Crippen LogP contribution in [0.15, 0.2) is 66.0 Å². The van der Waals surface area contributed by atoms with Gasteiger partial charge in [-0.2, -0.15) is 0 Å². The first-order valence-corrected chi connectivity index (χ1v) is 11.8. The number of anilines is 1. The van der Waals surface area contributed by atoms with E-state index in [1.165, 1.54) is 25.0 Å². The molecule has 0 aromatic heterocycles. The first-order valence-electron chi connectivity index (χ1n) is 11.8. The van der Waals surface area contributed by atoms with Crippen LogP contribution in [-0.2, 0) is 10.7 Å². The fourth-order valence-corrected chi connectivity index (χ4v) is 4.20. The zero-order chi connectivity index (χ0) is 24.7. The summed E-state index contributed by atoms with van der Waals surface area (Å²) in [5.74, 6) is -2.21. The van der Waals surface area contributed by atoms with Crippen LogP contribution in [-0.4, -0.2) is 72.3 Å². The minimum Gasteiger partial charge on any atom is -0.353 e. The highest BCUT2D eigenvalue weighted by atomic mass is 19.3. The van der Waals surface area contributed by atoms with Crippen molar-refractivity contribution >= 4 is 17.4 Å². The summed E-state index contributed by atoms with van der Waals surface area (Å²) in [6.45, 7) is 16.0. The van der Waals surface area contributed by atoms with Gasteiger partial charge < -0.3 is 15.1 Å². The van der Waals surface area contributed by atoms with Crippen molar-refractivity contribution in [1.82, 2.24) is 14.7 Å². The molecule has 0 bridgehead atoms. The number of hydrogen-bond acceptors (Lipinski definition) is 4. The Morgan fingerprint density at radius 2 is 1.65 bits per heavy atom. The van der Waals surface area contributed by atoms with Crippen LogP contribution >= 0.6 is 0 Å². The summed E-state index contributed by atoms with van der Waals surface area (Å²) in [5.41, 5.74) is 1.81. The number of benzene rings is 1. The van der Waals surface area contributed by atoms with Gasteiger partial charge in [-0.05, 0) is 45.0 Å². The van der Waals surface area contributed by atoms with Gasteiger partial charge in [0, 0.05) is 62.7 Å². The van der Waals surface area contributed by atoms with Crippen molar-refractivity contribution in [3.63, 3.8) is 0 Å². The Morgan fingerprint density at radius 3 is 2.21 bits per heavy atom. The number of amidine groups is 1. The summed E-state index contributed by atoms with van der Waals surface area (Å²) >= 11 is 0. The molecule has 1 aromatic rings. The van der Waals surface area contributed by atoms with Crippen molar-refractivity contribution in [1.29, 1.82) is 0 Å². The lowest BCUT2D eigenvalue weighted by atomic mass is 10.1. The molecule has 2 saturated heterocycles. The van der Waals surface area contributed by atoms with Crippen LogP contribution in [0, 0.1) is 0 Å². The van der Waals surface area contributed by atoms with E-state index in [1.807, 2.05) is 17.9 Å². The van der Waals surface area contributed by atoms with Crippen LogP contribution in [0.1, 0.15) is 32.3 Å². The van der Waals surface area contributed by atoms with Crippen molar-refractivity contribution in [2.24, 2.45) is 4.99 Å². The van der Waals surface area contributed by atoms with Gasteiger partial charge in [0.05, 0.1) is 5.70 Å². The van der Waals surface area contributed by atoms with Gasteiger partial charge in [-0.25, -0.2) is 13.8 Å². The molecular formula is C26H35F2N5O. The number of likely N-dealkylation sites (tertiary alicyclic amines) is 1. The number of piperazine rings is 1. The van der Waals surface area contributed by atoms with E-state index in [0.717, 1.165) is 20.0 Å². The van der Waals surface area contributed by atoms with Crippen molar-refractivity contribution in [2.75, 3.05) is 51.1 Å².